The minimum atomic E-state index is 0. The standard InChI is InChI=1S/C19H23N3O2.ClH/c1-15-5-6-19(24-15)18(22-7-9-23-10-8-22)14-21-13-17-4-2-3-16(11-17)12-20;/h2-6,11,18,21H,7-10,13-14H2,1H3;1H. The molecule has 1 fully saturated rings. The number of hydrogen-bond acceptors (Lipinski definition) is 5. The van der Waals surface area contributed by atoms with Crippen LogP contribution in [0.2, 0.25) is 0 Å². The number of nitriles is 1. The lowest BCUT2D eigenvalue weighted by molar-refractivity contribution is 0.0115. The van der Waals surface area contributed by atoms with Gasteiger partial charge in [0.25, 0.3) is 0 Å². The van der Waals surface area contributed by atoms with Crippen LogP contribution in [0.5, 0.6) is 0 Å². The van der Waals surface area contributed by atoms with E-state index in [0.717, 1.165) is 56.5 Å². The van der Waals surface area contributed by atoms with E-state index in [1.54, 1.807) is 0 Å². The average molecular weight is 362 g/mol. The first kappa shape index (κ1) is 19.5. The van der Waals surface area contributed by atoms with Crippen molar-refractivity contribution >= 4 is 12.4 Å². The van der Waals surface area contributed by atoms with Gasteiger partial charge in [0.1, 0.15) is 11.5 Å². The van der Waals surface area contributed by atoms with Gasteiger partial charge in [-0.2, -0.15) is 5.26 Å². The molecule has 1 aromatic carbocycles. The molecule has 1 saturated heterocycles. The Balaban J connectivity index is 0.00000225. The number of benzene rings is 1. The summed E-state index contributed by atoms with van der Waals surface area (Å²) in [5.41, 5.74) is 1.81. The molecule has 1 unspecified atom stereocenters. The highest BCUT2D eigenvalue weighted by Crippen LogP contribution is 2.23. The molecule has 0 bridgehead atoms. The quantitative estimate of drug-likeness (QED) is 0.856. The van der Waals surface area contributed by atoms with Crippen LogP contribution in [-0.4, -0.2) is 37.7 Å². The number of furan rings is 1. The Morgan fingerprint density at radius 1 is 1.24 bits per heavy atom. The largest absolute Gasteiger partial charge is 0.465 e. The van der Waals surface area contributed by atoms with Crippen molar-refractivity contribution in [3.05, 3.63) is 59.0 Å². The summed E-state index contributed by atoms with van der Waals surface area (Å²) in [5, 5.41) is 12.5. The van der Waals surface area contributed by atoms with Crippen LogP contribution in [0.3, 0.4) is 0 Å². The topological polar surface area (TPSA) is 61.4 Å². The first-order valence-electron chi connectivity index (χ1n) is 8.34. The highest BCUT2D eigenvalue weighted by atomic mass is 35.5. The Morgan fingerprint density at radius 3 is 2.72 bits per heavy atom. The maximum Gasteiger partial charge on any atom is 0.122 e. The van der Waals surface area contributed by atoms with Crippen molar-refractivity contribution in [2.75, 3.05) is 32.8 Å². The molecule has 5 nitrogen and oxygen atoms in total. The summed E-state index contributed by atoms with van der Waals surface area (Å²) in [7, 11) is 0. The molecule has 134 valence electrons. The Morgan fingerprint density at radius 2 is 2.04 bits per heavy atom. The van der Waals surface area contributed by atoms with Gasteiger partial charge in [-0.1, -0.05) is 12.1 Å². The van der Waals surface area contributed by atoms with E-state index >= 15 is 0 Å². The van der Waals surface area contributed by atoms with E-state index in [-0.39, 0.29) is 18.4 Å². The van der Waals surface area contributed by atoms with Gasteiger partial charge >= 0.3 is 0 Å². The summed E-state index contributed by atoms with van der Waals surface area (Å²) in [6.07, 6.45) is 0. The van der Waals surface area contributed by atoms with E-state index in [2.05, 4.69) is 22.4 Å². The van der Waals surface area contributed by atoms with Crippen LogP contribution in [0.4, 0.5) is 0 Å². The van der Waals surface area contributed by atoms with Crippen LogP contribution >= 0.6 is 12.4 Å². The van der Waals surface area contributed by atoms with Crippen molar-refractivity contribution in [2.24, 2.45) is 0 Å². The molecule has 3 rings (SSSR count). The number of nitrogens with zero attached hydrogens (tertiary/aromatic N) is 2. The van der Waals surface area contributed by atoms with Gasteiger partial charge in [-0.05, 0) is 36.8 Å². The van der Waals surface area contributed by atoms with Crippen LogP contribution in [0.25, 0.3) is 0 Å². The summed E-state index contributed by atoms with van der Waals surface area (Å²) >= 11 is 0. The van der Waals surface area contributed by atoms with Gasteiger partial charge in [0.05, 0.1) is 30.9 Å². The molecule has 1 N–H and O–H groups in total. The molecule has 0 radical (unpaired) electrons. The SMILES string of the molecule is Cc1ccc(C(CNCc2cccc(C#N)c2)N2CCOCC2)o1.Cl. The Hall–Kier alpha value is -1.84. The van der Waals surface area contributed by atoms with Crippen molar-refractivity contribution in [2.45, 2.75) is 19.5 Å². The fourth-order valence-corrected chi connectivity index (χ4v) is 3.04. The van der Waals surface area contributed by atoms with Gasteiger partial charge < -0.3 is 14.5 Å². The third kappa shape index (κ3) is 5.32. The number of aryl methyl sites for hydroxylation is 1. The average Bonchev–Trinajstić information content (AvgIpc) is 3.05. The van der Waals surface area contributed by atoms with Gasteiger partial charge in [0, 0.05) is 26.2 Å². The Labute approximate surface area is 155 Å². The highest BCUT2D eigenvalue weighted by Gasteiger charge is 2.24. The van der Waals surface area contributed by atoms with Crippen molar-refractivity contribution in [1.29, 1.82) is 5.26 Å². The monoisotopic (exact) mass is 361 g/mol. The maximum atomic E-state index is 9.00. The highest BCUT2D eigenvalue weighted by molar-refractivity contribution is 5.85. The predicted octanol–water partition coefficient (Wildman–Crippen LogP) is 3.04. The molecule has 0 spiro atoms. The van der Waals surface area contributed by atoms with E-state index in [0.29, 0.717) is 5.56 Å². The van der Waals surface area contributed by atoms with Crippen molar-refractivity contribution in [3.63, 3.8) is 0 Å². The fourth-order valence-electron chi connectivity index (χ4n) is 3.04. The number of morpholine rings is 1. The molecule has 6 heteroatoms. The molecular formula is C19H24ClN3O2. The van der Waals surface area contributed by atoms with Crippen LogP contribution in [0, 0.1) is 18.3 Å². The number of rotatable bonds is 6. The van der Waals surface area contributed by atoms with Crippen LogP contribution in [0.15, 0.2) is 40.8 Å². The second-order valence-electron chi connectivity index (χ2n) is 6.06. The van der Waals surface area contributed by atoms with E-state index in [1.807, 2.05) is 37.3 Å². The fraction of sp³-hybridized carbons (Fsp3) is 0.421. The van der Waals surface area contributed by atoms with Gasteiger partial charge in [-0.3, -0.25) is 4.90 Å². The Kier molecular flexibility index (Phi) is 7.48. The lowest BCUT2D eigenvalue weighted by Crippen LogP contribution is -2.42. The number of halogens is 1. The lowest BCUT2D eigenvalue weighted by atomic mass is 10.1. The third-order valence-corrected chi connectivity index (χ3v) is 4.30. The molecule has 25 heavy (non-hydrogen) atoms. The molecule has 0 amide bonds. The van der Waals surface area contributed by atoms with Crippen molar-refractivity contribution < 1.29 is 9.15 Å². The number of nitrogens with one attached hydrogen (secondary N) is 1. The maximum absolute atomic E-state index is 9.00. The third-order valence-electron chi connectivity index (χ3n) is 4.30. The molecule has 0 aliphatic carbocycles. The van der Waals surface area contributed by atoms with Gasteiger partial charge in [0.2, 0.25) is 0 Å². The van der Waals surface area contributed by atoms with E-state index < -0.39 is 0 Å². The predicted molar refractivity (Wildman–Crippen MR) is 98.7 cm³/mol. The van der Waals surface area contributed by atoms with Crippen molar-refractivity contribution in [3.8, 4) is 6.07 Å². The van der Waals surface area contributed by atoms with Gasteiger partial charge in [-0.25, -0.2) is 0 Å². The summed E-state index contributed by atoms with van der Waals surface area (Å²) in [6.45, 7) is 6.85. The zero-order valence-electron chi connectivity index (χ0n) is 14.4. The first-order chi connectivity index (χ1) is 11.8. The molecule has 1 atom stereocenters. The summed E-state index contributed by atoms with van der Waals surface area (Å²) in [6, 6.07) is 14.2. The zero-order chi connectivity index (χ0) is 16.8. The summed E-state index contributed by atoms with van der Waals surface area (Å²) in [4.78, 5) is 2.40. The molecule has 1 aliphatic heterocycles. The zero-order valence-corrected chi connectivity index (χ0v) is 15.2. The smallest absolute Gasteiger partial charge is 0.122 e. The molecule has 0 saturated carbocycles. The molecular weight excluding hydrogens is 338 g/mol. The molecule has 1 aromatic heterocycles. The van der Waals surface area contributed by atoms with E-state index in [1.165, 1.54) is 0 Å². The Bertz CT molecular complexity index is 705. The minimum Gasteiger partial charge on any atom is -0.465 e. The number of ether oxygens (including phenoxy) is 1. The normalized spacial score (nSPS) is 16.0. The van der Waals surface area contributed by atoms with E-state index in [4.69, 9.17) is 14.4 Å². The van der Waals surface area contributed by atoms with E-state index in [9.17, 15) is 0 Å². The first-order valence-corrected chi connectivity index (χ1v) is 8.34. The second kappa shape index (κ2) is 9.59. The van der Waals surface area contributed by atoms with Crippen molar-refractivity contribution in [1.82, 2.24) is 10.2 Å². The van der Waals surface area contributed by atoms with Crippen LogP contribution < -0.4 is 5.32 Å². The van der Waals surface area contributed by atoms with Gasteiger partial charge in [-0.15, -0.1) is 12.4 Å². The summed E-state index contributed by atoms with van der Waals surface area (Å²) < 4.78 is 11.3. The van der Waals surface area contributed by atoms with Crippen LogP contribution in [-0.2, 0) is 11.3 Å². The molecule has 2 aromatic rings. The minimum absolute atomic E-state index is 0. The van der Waals surface area contributed by atoms with Gasteiger partial charge in [0.15, 0.2) is 0 Å². The summed E-state index contributed by atoms with van der Waals surface area (Å²) in [5.74, 6) is 1.93. The lowest BCUT2D eigenvalue weighted by Gasteiger charge is -2.33. The van der Waals surface area contributed by atoms with Crippen LogP contribution in [0.1, 0.15) is 28.7 Å². The molecule has 2 heterocycles. The molecule has 1 aliphatic rings. The second-order valence-corrected chi connectivity index (χ2v) is 6.06. The number of hydrogen-bond donors (Lipinski definition) is 1.